The first-order valence-corrected chi connectivity index (χ1v) is 3.26. The number of halogens is 1. The van der Waals surface area contributed by atoms with Crippen molar-refractivity contribution in [1.82, 2.24) is 5.06 Å². The van der Waals surface area contributed by atoms with Gasteiger partial charge in [-0.3, -0.25) is 9.63 Å². The van der Waals surface area contributed by atoms with Gasteiger partial charge in [-0.15, -0.1) is 0 Å². The topological polar surface area (TPSA) is 29.5 Å². The summed E-state index contributed by atoms with van der Waals surface area (Å²) in [5, 5.41) is 1.47. The van der Waals surface area contributed by atoms with Gasteiger partial charge < -0.3 is 0 Å². The lowest BCUT2D eigenvalue weighted by molar-refractivity contribution is -0.166. The summed E-state index contributed by atoms with van der Waals surface area (Å²) in [5.41, 5.74) is 0. The van der Waals surface area contributed by atoms with Gasteiger partial charge in [-0.05, 0) is 6.92 Å². The fourth-order valence-corrected chi connectivity index (χ4v) is 0.566. The van der Waals surface area contributed by atoms with Crippen LogP contribution in [0.1, 0.15) is 6.92 Å². The summed E-state index contributed by atoms with van der Waals surface area (Å²) in [6.45, 7) is 5.88. The van der Waals surface area contributed by atoms with Crippen molar-refractivity contribution in [2.45, 2.75) is 6.92 Å². The van der Waals surface area contributed by atoms with Crippen LogP contribution in [0.2, 0.25) is 0 Å². The van der Waals surface area contributed by atoms with Crippen molar-refractivity contribution in [3.63, 3.8) is 0 Å². The molecule has 0 fully saturated rings. The smallest absolute Gasteiger partial charge is 0.233 e. The van der Waals surface area contributed by atoms with Crippen LogP contribution in [0.4, 0.5) is 0 Å². The minimum Gasteiger partial charge on any atom is -0.276 e. The van der Waals surface area contributed by atoms with Crippen molar-refractivity contribution >= 4 is 18.0 Å². The molecule has 0 saturated heterocycles. The van der Waals surface area contributed by atoms with Crippen LogP contribution in [-0.4, -0.2) is 24.6 Å². The molecule has 0 aliphatic rings. The van der Waals surface area contributed by atoms with Gasteiger partial charge in [-0.25, -0.2) is 5.06 Å². The van der Waals surface area contributed by atoms with E-state index < -0.39 is 0 Å². The minimum atomic E-state index is 0.235. The normalized spacial score (nSPS) is 9.00. The van der Waals surface area contributed by atoms with Gasteiger partial charge in [0.15, 0.2) is 0 Å². The summed E-state index contributed by atoms with van der Waals surface area (Å²) in [7, 11) is 0. The highest BCUT2D eigenvalue weighted by Gasteiger charge is 1.99. The van der Waals surface area contributed by atoms with Gasteiger partial charge in [-0.1, -0.05) is 18.2 Å². The molecule has 0 atom stereocenters. The van der Waals surface area contributed by atoms with Crippen molar-refractivity contribution < 1.29 is 9.63 Å². The Morgan fingerprint density at radius 1 is 1.90 bits per heavy atom. The van der Waals surface area contributed by atoms with Crippen LogP contribution in [-0.2, 0) is 9.63 Å². The molecule has 0 saturated carbocycles. The summed E-state index contributed by atoms with van der Waals surface area (Å²) in [6.07, 6.45) is 0.567. The van der Waals surface area contributed by atoms with Gasteiger partial charge in [0.2, 0.25) is 6.41 Å². The molecule has 0 aliphatic heterocycles. The fourth-order valence-electron chi connectivity index (χ4n) is 0.448. The van der Waals surface area contributed by atoms with Crippen molar-refractivity contribution in [3.8, 4) is 0 Å². The van der Waals surface area contributed by atoms with Crippen LogP contribution in [0.3, 0.4) is 0 Å². The molecule has 1 amide bonds. The molecule has 0 rings (SSSR count). The van der Waals surface area contributed by atoms with Crippen LogP contribution in [0.25, 0.3) is 0 Å². The molecule has 0 aromatic heterocycles. The standard InChI is InChI=1S/C6H10ClNO2/c1-3-10-8(5-9)4-6(2)7/h5H,2-4H2,1H3. The van der Waals surface area contributed by atoms with E-state index in [4.69, 9.17) is 16.4 Å². The number of hydrogen-bond acceptors (Lipinski definition) is 2. The third-order valence-electron chi connectivity index (χ3n) is 0.740. The van der Waals surface area contributed by atoms with Crippen molar-refractivity contribution in [3.05, 3.63) is 11.6 Å². The quantitative estimate of drug-likeness (QED) is 0.450. The zero-order valence-corrected chi connectivity index (χ0v) is 6.60. The summed E-state index contributed by atoms with van der Waals surface area (Å²) >= 11 is 5.41. The molecule has 4 heteroatoms. The van der Waals surface area contributed by atoms with Crippen LogP contribution in [0, 0.1) is 0 Å². The van der Waals surface area contributed by atoms with E-state index >= 15 is 0 Å². The van der Waals surface area contributed by atoms with Crippen LogP contribution in [0.5, 0.6) is 0 Å². The lowest BCUT2D eigenvalue weighted by Crippen LogP contribution is -2.23. The summed E-state index contributed by atoms with van der Waals surface area (Å²) in [4.78, 5) is 15.0. The van der Waals surface area contributed by atoms with Gasteiger partial charge in [0, 0.05) is 5.03 Å². The predicted octanol–water partition coefficient (Wildman–Crippen LogP) is 1.15. The Labute approximate surface area is 65.2 Å². The molecular weight excluding hydrogens is 154 g/mol. The molecule has 0 spiro atoms. The van der Waals surface area contributed by atoms with E-state index in [1.54, 1.807) is 6.92 Å². The van der Waals surface area contributed by atoms with E-state index in [2.05, 4.69) is 6.58 Å². The number of hydroxylamine groups is 2. The molecule has 0 aliphatic carbocycles. The summed E-state index contributed by atoms with van der Waals surface area (Å²) in [6, 6.07) is 0. The van der Waals surface area contributed by atoms with Gasteiger partial charge in [0.05, 0.1) is 13.2 Å². The van der Waals surface area contributed by atoms with Crippen molar-refractivity contribution in [2.75, 3.05) is 13.2 Å². The van der Waals surface area contributed by atoms with Gasteiger partial charge in [0.25, 0.3) is 0 Å². The molecule has 0 aromatic carbocycles. The Morgan fingerprint density at radius 3 is 2.80 bits per heavy atom. The molecular formula is C6H10ClNO2. The first-order valence-electron chi connectivity index (χ1n) is 2.88. The zero-order chi connectivity index (χ0) is 7.98. The average molecular weight is 164 g/mol. The third-order valence-corrected chi connectivity index (χ3v) is 0.859. The van der Waals surface area contributed by atoms with E-state index in [-0.39, 0.29) is 6.54 Å². The summed E-state index contributed by atoms with van der Waals surface area (Å²) in [5.74, 6) is 0. The maximum absolute atomic E-state index is 10.1. The first kappa shape index (κ1) is 9.46. The third kappa shape index (κ3) is 4.35. The summed E-state index contributed by atoms with van der Waals surface area (Å²) < 4.78 is 0. The second kappa shape index (κ2) is 5.26. The zero-order valence-electron chi connectivity index (χ0n) is 5.84. The number of rotatable bonds is 5. The monoisotopic (exact) mass is 163 g/mol. The fraction of sp³-hybridized carbons (Fsp3) is 0.500. The highest BCUT2D eigenvalue weighted by Crippen LogP contribution is 1.99. The molecule has 58 valence electrons. The minimum absolute atomic E-state index is 0.235. The van der Waals surface area contributed by atoms with Crippen LogP contribution in [0.15, 0.2) is 11.6 Å². The SMILES string of the molecule is C=C(Cl)CN(C=O)OCC. The largest absolute Gasteiger partial charge is 0.276 e. The highest BCUT2D eigenvalue weighted by atomic mass is 35.5. The average Bonchev–Trinajstić information content (AvgIpc) is 1.86. The Balaban J connectivity index is 3.59. The molecule has 0 N–H and O–H groups in total. The maximum Gasteiger partial charge on any atom is 0.233 e. The Kier molecular flexibility index (Phi) is 4.98. The molecule has 0 radical (unpaired) electrons. The van der Waals surface area contributed by atoms with E-state index in [0.29, 0.717) is 18.0 Å². The number of carbonyl (C=O) groups is 1. The Morgan fingerprint density at radius 2 is 2.50 bits per heavy atom. The molecule has 3 nitrogen and oxygen atoms in total. The van der Waals surface area contributed by atoms with Gasteiger partial charge in [-0.2, -0.15) is 0 Å². The molecule has 0 unspecified atom stereocenters. The molecule has 0 heterocycles. The van der Waals surface area contributed by atoms with Gasteiger partial charge >= 0.3 is 0 Å². The Bertz CT molecular complexity index is 127. The van der Waals surface area contributed by atoms with E-state index in [9.17, 15) is 4.79 Å². The van der Waals surface area contributed by atoms with Crippen LogP contribution < -0.4 is 0 Å². The highest BCUT2D eigenvalue weighted by molar-refractivity contribution is 6.29. The number of carbonyl (C=O) groups excluding carboxylic acids is 1. The maximum atomic E-state index is 10.1. The van der Waals surface area contributed by atoms with Gasteiger partial charge in [0.1, 0.15) is 0 Å². The number of hydrogen-bond donors (Lipinski definition) is 0. The second-order valence-electron chi connectivity index (χ2n) is 1.62. The molecule has 10 heavy (non-hydrogen) atoms. The van der Waals surface area contributed by atoms with Crippen molar-refractivity contribution in [1.29, 1.82) is 0 Å². The lowest BCUT2D eigenvalue weighted by atomic mass is 10.6. The first-order chi connectivity index (χ1) is 4.70. The second-order valence-corrected chi connectivity index (χ2v) is 2.15. The molecule has 0 bridgehead atoms. The lowest BCUT2D eigenvalue weighted by Gasteiger charge is -2.13. The Hall–Kier alpha value is -0.540. The van der Waals surface area contributed by atoms with E-state index in [1.807, 2.05) is 0 Å². The predicted molar refractivity (Wildman–Crippen MR) is 39.4 cm³/mol. The van der Waals surface area contributed by atoms with E-state index in [1.165, 1.54) is 0 Å². The van der Waals surface area contributed by atoms with E-state index in [0.717, 1.165) is 5.06 Å². The van der Waals surface area contributed by atoms with Crippen molar-refractivity contribution in [2.24, 2.45) is 0 Å². The van der Waals surface area contributed by atoms with Crippen LogP contribution >= 0.6 is 11.6 Å². The number of nitrogens with zero attached hydrogens (tertiary/aromatic N) is 1. The molecule has 0 aromatic rings. The number of amides is 1.